The number of rotatable bonds is 6. The number of benzene rings is 1. The maximum atomic E-state index is 13.6. The van der Waals surface area contributed by atoms with Crippen molar-refractivity contribution < 1.29 is 27.6 Å². The zero-order chi connectivity index (χ0) is 21.1. The van der Waals surface area contributed by atoms with E-state index in [2.05, 4.69) is 21.2 Å². The van der Waals surface area contributed by atoms with E-state index < -0.39 is 34.2 Å². The molecule has 0 fully saturated rings. The van der Waals surface area contributed by atoms with Crippen LogP contribution in [-0.4, -0.2) is 22.8 Å². The van der Waals surface area contributed by atoms with Gasteiger partial charge in [0.25, 0.3) is 5.70 Å². The predicted octanol–water partition coefficient (Wildman–Crippen LogP) is 4.50. The van der Waals surface area contributed by atoms with Crippen LogP contribution in [0.25, 0.3) is 0 Å². The van der Waals surface area contributed by atoms with Gasteiger partial charge in [-0.05, 0) is 31.9 Å². The van der Waals surface area contributed by atoms with Crippen LogP contribution < -0.4 is 5.32 Å². The Hall–Kier alpha value is -2.36. The summed E-state index contributed by atoms with van der Waals surface area (Å²) in [6.45, 7) is 2.90. The Labute approximate surface area is 167 Å². The van der Waals surface area contributed by atoms with E-state index in [1.54, 1.807) is 0 Å². The molecule has 0 saturated heterocycles. The van der Waals surface area contributed by atoms with Gasteiger partial charge in [0.1, 0.15) is 5.92 Å². The molecule has 10 heteroatoms. The first kappa shape index (κ1) is 21.9. The van der Waals surface area contributed by atoms with Crippen molar-refractivity contribution in [2.24, 2.45) is 0 Å². The zero-order valence-corrected chi connectivity index (χ0v) is 16.7. The van der Waals surface area contributed by atoms with Crippen LogP contribution >= 0.6 is 15.9 Å². The van der Waals surface area contributed by atoms with Gasteiger partial charge in [-0.1, -0.05) is 34.1 Å². The van der Waals surface area contributed by atoms with Crippen molar-refractivity contribution in [2.75, 3.05) is 11.9 Å². The fraction of sp³-hybridized carbons (Fsp3) is 0.389. The average molecular weight is 463 g/mol. The van der Waals surface area contributed by atoms with Crippen molar-refractivity contribution >= 4 is 21.9 Å². The molecule has 1 atom stereocenters. The zero-order valence-electron chi connectivity index (χ0n) is 15.1. The van der Waals surface area contributed by atoms with Gasteiger partial charge in [-0.15, -0.1) is 0 Å². The fourth-order valence-corrected chi connectivity index (χ4v) is 3.33. The number of nitrogens with zero attached hydrogens (tertiary/aromatic N) is 1. The van der Waals surface area contributed by atoms with Gasteiger partial charge in [0.2, 0.25) is 0 Å². The molecule has 152 valence electrons. The van der Waals surface area contributed by atoms with E-state index in [0.717, 1.165) is 12.1 Å². The van der Waals surface area contributed by atoms with Gasteiger partial charge in [-0.3, -0.25) is 10.1 Å². The quantitative estimate of drug-likeness (QED) is 0.221. The lowest BCUT2D eigenvalue weighted by Gasteiger charge is -2.28. The summed E-state index contributed by atoms with van der Waals surface area (Å²) >= 11 is 3.19. The van der Waals surface area contributed by atoms with E-state index in [4.69, 9.17) is 4.74 Å². The molecule has 0 saturated carbocycles. The summed E-state index contributed by atoms with van der Waals surface area (Å²) in [5.74, 6) is -2.40. The Balaban J connectivity index is 2.67. The SMILES string of the molecule is CC1=C(C(=O)OCCCBr)C(c2ccccc2C(F)(F)F)C([N+](=O)[O-])=C(C)N1. The van der Waals surface area contributed by atoms with Gasteiger partial charge in [-0.25, -0.2) is 4.79 Å². The molecule has 1 aromatic carbocycles. The molecule has 0 aliphatic carbocycles. The van der Waals surface area contributed by atoms with Crippen LogP contribution in [0, 0.1) is 10.1 Å². The van der Waals surface area contributed by atoms with Crippen molar-refractivity contribution in [1.29, 1.82) is 0 Å². The fourth-order valence-electron chi connectivity index (χ4n) is 3.10. The van der Waals surface area contributed by atoms with Gasteiger partial charge in [0.05, 0.1) is 28.4 Å². The molecule has 28 heavy (non-hydrogen) atoms. The number of hydrogen-bond acceptors (Lipinski definition) is 5. The molecule has 0 bridgehead atoms. The molecular weight excluding hydrogens is 445 g/mol. The minimum Gasteiger partial charge on any atom is -0.462 e. The third-order valence-electron chi connectivity index (χ3n) is 4.23. The third-order valence-corrected chi connectivity index (χ3v) is 4.79. The molecule has 0 aromatic heterocycles. The number of ether oxygens (including phenoxy) is 1. The number of hydrogen-bond donors (Lipinski definition) is 1. The lowest BCUT2D eigenvalue weighted by Crippen LogP contribution is -2.32. The van der Waals surface area contributed by atoms with Crippen molar-refractivity contribution in [3.63, 3.8) is 0 Å². The van der Waals surface area contributed by atoms with Crippen LogP contribution in [0.3, 0.4) is 0 Å². The van der Waals surface area contributed by atoms with Crippen LogP contribution in [0.5, 0.6) is 0 Å². The molecule has 0 radical (unpaired) electrons. The molecule has 6 nitrogen and oxygen atoms in total. The van der Waals surface area contributed by atoms with Crippen LogP contribution in [0.1, 0.15) is 37.3 Å². The molecule has 1 heterocycles. The number of dihydropyridines is 1. The molecule has 0 amide bonds. The third kappa shape index (κ3) is 4.54. The lowest BCUT2D eigenvalue weighted by atomic mass is 9.81. The summed E-state index contributed by atoms with van der Waals surface area (Å²) in [6.07, 6.45) is -4.25. The van der Waals surface area contributed by atoms with E-state index in [9.17, 15) is 28.1 Å². The average Bonchev–Trinajstić information content (AvgIpc) is 2.60. The summed E-state index contributed by atoms with van der Waals surface area (Å²) in [7, 11) is 0. The highest BCUT2D eigenvalue weighted by Gasteiger charge is 2.45. The number of carbonyl (C=O) groups excluding carboxylic acids is 1. The summed E-state index contributed by atoms with van der Waals surface area (Å²) in [6, 6.07) is 4.53. The standard InChI is InChI=1S/C18H18BrF3N2O4/c1-10-14(17(25)28-9-5-8-19)15(16(24(26)27)11(2)23-10)12-6-3-4-7-13(12)18(20,21)22/h3-4,6-7,15,23H,5,8-9H2,1-2H3. The van der Waals surface area contributed by atoms with Gasteiger partial charge in [0.15, 0.2) is 0 Å². The van der Waals surface area contributed by atoms with Crippen LogP contribution in [0.2, 0.25) is 0 Å². The predicted molar refractivity (Wildman–Crippen MR) is 99.1 cm³/mol. The Morgan fingerprint density at radius 3 is 2.50 bits per heavy atom. The van der Waals surface area contributed by atoms with Gasteiger partial charge < -0.3 is 10.1 Å². The number of esters is 1. The number of nitro groups is 1. The molecular formula is C18H18BrF3N2O4. The second-order valence-corrected chi connectivity index (χ2v) is 6.92. The summed E-state index contributed by atoms with van der Waals surface area (Å²) in [5, 5.41) is 15.0. The molecule has 0 spiro atoms. The topological polar surface area (TPSA) is 81.5 Å². The van der Waals surface area contributed by atoms with Gasteiger partial charge >= 0.3 is 12.1 Å². The van der Waals surface area contributed by atoms with Crippen molar-refractivity contribution in [3.8, 4) is 0 Å². The Morgan fingerprint density at radius 1 is 1.29 bits per heavy atom. The minimum absolute atomic E-state index is 0.0327. The highest BCUT2D eigenvalue weighted by Crippen LogP contribution is 2.44. The first-order valence-electron chi connectivity index (χ1n) is 8.31. The smallest absolute Gasteiger partial charge is 0.416 e. The first-order chi connectivity index (χ1) is 13.1. The maximum absolute atomic E-state index is 13.6. The Morgan fingerprint density at radius 2 is 1.93 bits per heavy atom. The monoisotopic (exact) mass is 462 g/mol. The molecule has 1 aromatic rings. The molecule has 1 aliphatic heterocycles. The lowest BCUT2D eigenvalue weighted by molar-refractivity contribution is -0.431. The summed E-state index contributed by atoms with van der Waals surface area (Å²) in [4.78, 5) is 23.6. The second-order valence-electron chi connectivity index (χ2n) is 6.13. The van der Waals surface area contributed by atoms with Crippen LogP contribution in [-0.2, 0) is 15.7 Å². The van der Waals surface area contributed by atoms with E-state index in [1.807, 2.05) is 0 Å². The number of alkyl halides is 4. The number of halogens is 4. The van der Waals surface area contributed by atoms with E-state index in [0.29, 0.717) is 11.8 Å². The van der Waals surface area contributed by atoms with Gasteiger partial charge in [-0.2, -0.15) is 13.2 Å². The van der Waals surface area contributed by atoms with E-state index >= 15 is 0 Å². The number of allylic oxidation sites excluding steroid dienone is 3. The van der Waals surface area contributed by atoms with Crippen molar-refractivity contribution in [2.45, 2.75) is 32.4 Å². The van der Waals surface area contributed by atoms with E-state index in [1.165, 1.54) is 26.0 Å². The molecule has 1 unspecified atom stereocenters. The highest BCUT2D eigenvalue weighted by atomic mass is 79.9. The number of nitrogens with one attached hydrogen (secondary N) is 1. The van der Waals surface area contributed by atoms with Crippen molar-refractivity contribution in [3.05, 3.63) is 68.2 Å². The highest BCUT2D eigenvalue weighted by molar-refractivity contribution is 9.09. The second kappa shape index (κ2) is 8.76. The van der Waals surface area contributed by atoms with Gasteiger partial charge in [0, 0.05) is 11.0 Å². The minimum atomic E-state index is -4.74. The van der Waals surface area contributed by atoms with Crippen molar-refractivity contribution in [1.82, 2.24) is 5.32 Å². The molecule has 1 N–H and O–H groups in total. The Kier molecular flexibility index (Phi) is 6.87. The van der Waals surface area contributed by atoms with E-state index in [-0.39, 0.29) is 29.1 Å². The molecule has 1 aliphatic rings. The largest absolute Gasteiger partial charge is 0.462 e. The normalized spacial score (nSPS) is 17.4. The maximum Gasteiger partial charge on any atom is 0.416 e. The van der Waals surface area contributed by atoms with Crippen LogP contribution in [0.15, 0.2) is 46.9 Å². The Bertz CT molecular complexity index is 849. The van der Waals surface area contributed by atoms with Crippen LogP contribution in [0.4, 0.5) is 13.2 Å². The molecule has 2 rings (SSSR count). The first-order valence-corrected chi connectivity index (χ1v) is 9.43. The summed E-state index contributed by atoms with van der Waals surface area (Å²) in [5.41, 5.74) is -1.84. The number of carbonyl (C=O) groups is 1. The summed E-state index contributed by atoms with van der Waals surface area (Å²) < 4.78 is 45.8.